The lowest BCUT2D eigenvalue weighted by molar-refractivity contribution is -0.161. The van der Waals surface area contributed by atoms with Crippen LogP contribution in [0.3, 0.4) is 0 Å². The van der Waals surface area contributed by atoms with Crippen molar-refractivity contribution in [3.63, 3.8) is 0 Å². The second-order valence-corrected chi connectivity index (χ2v) is 15.6. The minimum atomic E-state index is -4.75. The van der Waals surface area contributed by atoms with E-state index >= 15 is 0 Å². The molecule has 0 aromatic heterocycles. The minimum Gasteiger partial charge on any atom is -0.462 e. The van der Waals surface area contributed by atoms with Gasteiger partial charge in [-0.2, -0.15) is 0 Å². The van der Waals surface area contributed by atoms with Gasteiger partial charge in [0.25, 0.3) is 0 Å². The number of phosphoric ester groups is 1. The molecule has 0 aliphatic carbocycles. The maximum atomic E-state index is 12.4. The van der Waals surface area contributed by atoms with Gasteiger partial charge in [0.15, 0.2) is 6.10 Å². The topological polar surface area (TPSA) is 119 Å². The maximum absolute atomic E-state index is 12.4. The Bertz CT molecular complexity index is 827. The zero-order valence-corrected chi connectivity index (χ0v) is 33.5. The lowest BCUT2D eigenvalue weighted by atomic mass is 10.0. The van der Waals surface area contributed by atoms with E-state index in [1.807, 2.05) is 0 Å². The molecule has 0 amide bonds. The van der Waals surface area contributed by atoms with Crippen LogP contribution < -0.4 is 0 Å². The number of allylic oxidation sites excluding steroid dienone is 2. The van der Waals surface area contributed by atoms with Gasteiger partial charge in [0.2, 0.25) is 0 Å². The summed E-state index contributed by atoms with van der Waals surface area (Å²) in [6.45, 7) is 3.69. The van der Waals surface area contributed by atoms with Gasteiger partial charge in [0.05, 0.1) is 6.61 Å². The summed E-state index contributed by atoms with van der Waals surface area (Å²) >= 11 is 0. The monoisotopic (exact) mass is 731 g/mol. The van der Waals surface area contributed by atoms with Gasteiger partial charge in [0.1, 0.15) is 6.61 Å². The smallest absolute Gasteiger partial charge is 0.462 e. The molecule has 0 radical (unpaired) electrons. The molecule has 0 aliphatic rings. The molecule has 2 N–H and O–H groups in total. The van der Waals surface area contributed by atoms with Gasteiger partial charge in [-0.15, -0.1) is 0 Å². The van der Waals surface area contributed by atoms with Crippen LogP contribution in [0.2, 0.25) is 0 Å². The van der Waals surface area contributed by atoms with E-state index in [9.17, 15) is 14.2 Å². The van der Waals surface area contributed by atoms with Crippen molar-refractivity contribution in [1.82, 2.24) is 0 Å². The fraction of sp³-hybridized carbons (Fsp3) is 0.902. The Balaban J connectivity index is 3.88. The van der Waals surface area contributed by atoms with Crippen LogP contribution in [0.15, 0.2) is 12.2 Å². The van der Waals surface area contributed by atoms with E-state index in [1.165, 1.54) is 141 Å². The van der Waals surface area contributed by atoms with Crippen molar-refractivity contribution >= 4 is 19.8 Å². The highest BCUT2D eigenvalue weighted by atomic mass is 31.2. The van der Waals surface area contributed by atoms with Crippen LogP contribution in [-0.4, -0.2) is 41.0 Å². The SMILES string of the molecule is CCCCCC/C=C/CCCCCCCCCC(=O)OC[C@H](COP(=O)(O)O)OC(=O)CCCCCCCCCCCCCCCCCCC. The molecule has 0 rings (SSSR count). The zero-order chi connectivity index (χ0) is 36.8. The highest BCUT2D eigenvalue weighted by Crippen LogP contribution is 2.36. The quantitative estimate of drug-likeness (QED) is 0.0278. The number of carbonyl (C=O) groups excluding carboxylic acids is 2. The van der Waals surface area contributed by atoms with E-state index in [1.54, 1.807) is 0 Å². The van der Waals surface area contributed by atoms with E-state index in [-0.39, 0.29) is 19.4 Å². The first-order valence-electron chi connectivity index (χ1n) is 21.0. The molecule has 1 atom stereocenters. The molecule has 50 heavy (non-hydrogen) atoms. The molecule has 0 unspecified atom stereocenters. The summed E-state index contributed by atoms with van der Waals surface area (Å²) in [4.78, 5) is 42.8. The van der Waals surface area contributed by atoms with Crippen LogP contribution in [0.1, 0.15) is 219 Å². The lowest BCUT2D eigenvalue weighted by Gasteiger charge is -2.18. The second kappa shape index (κ2) is 37.5. The largest absolute Gasteiger partial charge is 0.469 e. The molecule has 0 saturated heterocycles. The summed E-state index contributed by atoms with van der Waals surface area (Å²) in [7, 11) is -4.75. The molecule has 0 saturated carbocycles. The minimum absolute atomic E-state index is 0.217. The molecular weight excluding hydrogens is 651 g/mol. The number of unbranched alkanes of at least 4 members (excludes halogenated alkanes) is 27. The zero-order valence-electron chi connectivity index (χ0n) is 32.6. The number of carbonyl (C=O) groups is 2. The molecule has 296 valence electrons. The summed E-state index contributed by atoms with van der Waals surface area (Å²) in [6.07, 6.45) is 40.7. The van der Waals surface area contributed by atoms with Crippen molar-refractivity contribution < 1.29 is 37.9 Å². The Morgan fingerprint density at radius 3 is 1.24 bits per heavy atom. The van der Waals surface area contributed by atoms with Gasteiger partial charge in [-0.1, -0.05) is 180 Å². The van der Waals surface area contributed by atoms with Crippen molar-refractivity contribution in [3.05, 3.63) is 12.2 Å². The fourth-order valence-electron chi connectivity index (χ4n) is 6.13. The predicted molar refractivity (Wildman–Crippen MR) is 207 cm³/mol. The summed E-state index contributed by atoms with van der Waals surface area (Å²) < 4.78 is 26.4. The molecule has 0 heterocycles. The highest BCUT2D eigenvalue weighted by molar-refractivity contribution is 7.46. The van der Waals surface area contributed by atoms with Crippen LogP contribution in [0, 0.1) is 0 Å². The molecule has 0 spiro atoms. The van der Waals surface area contributed by atoms with E-state index in [0.29, 0.717) is 6.42 Å². The Morgan fingerprint density at radius 2 is 0.840 bits per heavy atom. The average Bonchev–Trinajstić information content (AvgIpc) is 3.08. The normalized spacial score (nSPS) is 12.5. The van der Waals surface area contributed by atoms with Crippen LogP contribution in [0.25, 0.3) is 0 Å². The first-order chi connectivity index (χ1) is 24.3. The first kappa shape index (κ1) is 48.8. The third-order valence-electron chi connectivity index (χ3n) is 9.28. The van der Waals surface area contributed by atoms with Crippen LogP contribution in [0.5, 0.6) is 0 Å². The van der Waals surface area contributed by atoms with Gasteiger partial charge in [0, 0.05) is 12.8 Å². The summed E-state index contributed by atoms with van der Waals surface area (Å²) in [5.74, 6) is -0.878. The second-order valence-electron chi connectivity index (χ2n) is 14.3. The van der Waals surface area contributed by atoms with Gasteiger partial charge in [-0.3, -0.25) is 14.1 Å². The number of ether oxygens (including phenoxy) is 2. The van der Waals surface area contributed by atoms with E-state index in [4.69, 9.17) is 19.3 Å². The molecule has 0 aromatic carbocycles. The molecule has 9 heteroatoms. The Hall–Kier alpha value is -1.21. The van der Waals surface area contributed by atoms with Gasteiger partial charge >= 0.3 is 19.8 Å². The molecule has 0 aliphatic heterocycles. The molecule has 0 bridgehead atoms. The van der Waals surface area contributed by atoms with E-state index < -0.39 is 32.5 Å². The summed E-state index contributed by atoms with van der Waals surface area (Å²) in [5, 5.41) is 0. The van der Waals surface area contributed by atoms with Crippen molar-refractivity contribution in [3.8, 4) is 0 Å². The van der Waals surface area contributed by atoms with Gasteiger partial charge in [-0.25, -0.2) is 4.57 Å². The predicted octanol–water partition coefficient (Wildman–Crippen LogP) is 12.6. The van der Waals surface area contributed by atoms with Crippen molar-refractivity contribution in [2.75, 3.05) is 13.2 Å². The van der Waals surface area contributed by atoms with Crippen molar-refractivity contribution in [1.29, 1.82) is 0 Å². The van der Waals surface area contributed by atoms with Gasteiger partial charge in [-0.05, 0) is 38.5 Å². The van der Waals surface area contributed by atoms with Gasteiger partial charge < -0.3 is 19.3 Å². The maximum Gasteiger partial charge on any atom is 0.469 e. The Kier molecular flexibility index (Phi) is 36.6. The molecule has 8 nitrogen and oxygen atoms in total. The number of hydrogen-bond donors (Lipinski definition) is 2. The molecule has 0 fully saturated rings. The van der Waals surface area contributed by atoms with Crippen LogP contribution in [0.4, 0.5) is 0 Å². The summed E-state index contributed by atoms with van der Waals surface area (Å²) in [5.41, 5.74) is 0. The number of esters is 2. The number of rotatable bonds is 39. The van der Waals surface area contributed by atoms with Crippen molar-refractivity contribution in [2.24, 2.45) is 0 Å². The third-order valence-corrected chi connectivity index (χ3v) is 9.77. The van der Waals surface area contributed by atoms with Crippen molar-refractivity contribution in [2.45, 2.75) is 225 Å². The van der Waals surface area contributed by atoms with Crippen LogP contribution >= 0.6 is 7.82 Å². The number of hydrogen-bond acceptors (Lipinski definition) is 6. The molecular formula is C41H79O8P. The highest BCUT2D eigenvalue weighted by Gasteiger charge is 2.22. The van der Waals surface area contributed by atoms with Crippen LogP contribution in [-0.2, 0) is 28.2 Å². The Labute approximate surface area is 307 Å². The fourth-order valence-corrected chi connectivity index (χ4v) is 6.49. The molecule has 0 aromatic rings. The average molecular weight is 731 g/mol. The van der Waals surface area contributed by atoms with E-state index in [2.05, 4.69) is 30.5 Å². The third kappa shape index (κ3) is 39.6. The lowest BCUT2D eigenvalue weighted by Crippen LogP contribution is -2.29. The summed E-state index contributed by atoms with van der Waals surface area (Å²) in [6, 6.07) is 0. The first-order valence-corrected chi connectivity index (χ1v) is 22.5. The van der Waals surface area contributed by atoms with E-state index in [0.717, 1.165) is 44.9 Å². The standard InChI is InChI=1S/C41H79O8P/c1-3-5-7-9-11-13-15-17-19-20-22-24-26-28-30-32-34-36-41(43)49-39(38-48-50(44,45)46)37-47-40(42)35-33-31-29-27-25-23-21-18-16-14-12-10-8-6-4-2/h14,16,39H,3-13,15,17-38H2,1-2H3,(H2,44,45,46)/b16-14+/t39-/m1/s1. The Morgan fingerprint density at radius 1 is 0.500 bits per heavy atom. The number of phosphoric acid groups is 1.